The van der Waals surface area contributed by atoms with Gasteiger partial charge < -0.3 is 64.8 Å². The van der Waals surface area contributed by atoms with Gasteiger partial charge in [-0.1, -0.05) is 124 Å². The number of nitrogens with one attached hydrogen (secondary N) is 1. The molecule has 0 radical (unpaired) electrons. The van der Waals surface area contributed by atoms with Crippen molar-refractivity contribution in [3.05, 3.63) is 44.6 Å². The van der Waals surface area contributed by atoms with E-state index in [9.17, 15) is 9.59 Å². The van der Waals surface area contributed by atoms with E-state index in [1.807, 2.05) is 14.1 Å². The Morgan fingerprint density at radius 1 is 0.508 bits per heavy atom. The first-order valence-corrected chi connectivity index (χ1v) is 27.2. The molecule has 6 saturated carbocycles. The minimum atomic E-state index is -0.612. The van der Waals surface area contributed by atoms with E-state index in [0.29, 0.717) is 5.92 Å². The summed E-state index contributed by atoms with van der Waals surface area (Å²) in [6, 6.07) is 0. The van der Waals surface area contributed by atoms with Crippen molar-refractivity contribution in [2.75, 3.05) is 47.8 Å². The second-order valence-electron chi connectivity index (χ2n) is 17.0. The third kappa shape index (κ3) is 52.4. The van der Waals surface area contributed by atoms with Crippen LogP contribution in [-0.4, -0.2) is 74.6 Å². The fraction of sp³-hybridized carbons (Fsp3) is 0.833. The minimum Gasteiger partial charge on any atom is -0.481 e. The second kappa shape index (κ2) is 57.9. The van der Waals surface area contributed by atoms with Gasteiger partial charge in [-0.25, -0.2) is 0 Å². The predicted molar refractivity (Wildman–Crippen MR) is 273 cm³/mol. The van der Waals surface area contributed by atoms with E-state index in [4.69, 9.17) is 5.11 Å². The maximum atomic E-state index is 11.6. The summed E-state index contributed by atoms with van der Waals surface area (Å²) >= 11 is 4.24. The number of carbonyl (C=O) groups is 2. The van der Waals surface area contributed by atoms with Crippen molar-refractivity contribution in [3.63, 3.8) is 0 Å². The molecule has 6 nitrogen and oxygen atoms in total. The summed E-state index contributed by atoms with van der Waals surface area (Å²) in [4.78, 5) is 26.4. The number of aliphatic carboxylic acids is 1. The van der Waals surface area contributed by atoms with Gasteiger partial charge in [-0.05, 0) is 103 Å². The van der Waals surface area contributed by atoms with Crippen molar-refractivity contribution < 1.29 is 65.9 Å². The Kier molecular flexibility index (Phi) is 82.7. The zero-order chi connectivity index (χ0) is 37.6. The van der Waals surface area contributed by atoms with E-state index in [-0.39, 0.29) is 114 Å². The molecule has 6 aliphatic carbocycles. The molecule has 0 aliphatic heterocycles. The SMILES string of the molecule is C1CCCC1.C1CCCC1.C1CCCC1.CC1CCC(C(=O)NCCN(C)C)C1.CC1CCC(C(=O)O)C1.CC1CCC(CN(C)C)C1.II.[CH3-].[CH3-].[CH3-].[CH3-].[CH3-].[CH3-].[Fe+2].[Fe+2].[Fe+2]. The second-order valence-corrected chi connectivity index (χ2v) is 17.0. The molecule has 2 N–H and O–H groups in total. The molecule has 0 aromatic heterocycles. The van der Waals surface area contributed by atoms with E-state index in [1.54, 1.807) is 0 Å². The Bertz CT molecular complexity index is 760. The van der Waals surface area contributed by atoms with Crippen LogP contribution in [0.2, 0.25) is 0 Å². The van der Waals surface area contributed by atoms with Crippen molar-refractivity contribution in [2.45, 2.75) is 175 Å². The molecular weight excluding hydrogens is 1090 g/mol. The molecule has 0 aromatic rings. The van der Waals surface area contributed by atoms with Gasteiger partial charge in [0, 0.05) is 62.8 Å². The molecule has 6 atom stereocenters. The Morgan fingerprint density at radius 2 is 0.814 bits per heavy atom. The summed E-state index contributed by atoms with van der Waals surface area (Å²) in [5, 5.41) is 11.5. The number of carbonyl (C=O) groups excluding carboxylic acids is 1. The van der Waals surface area contributed by atoms with Crippen molar-refractivity contribution in [2.24, 2.45) is 35.5 Å². The van der Waals surface area contributed by atoms with Crippen LogP contribution >= 0.6 is 37.2 Å². The van der Waals surface area contributed by atoms with Gasteiger partial charge in [-0.3, -0.25) is 9.59 Å². The molecule has 6 unspecified atom stereocenters. The molecule has 59 heavy (non-hydrogen) atoms. The smallest absolute Gasteiger partial charge is 0.481 e. The fourth-order valence-electron chi connectivity index (χ4n) is 8.08. The standard InChI is InChI=1S/C11H22N2O.C9H19N.C7H12O2.3C5H10.6CH3.3Fe.I2/c1-9-4-5-10(8-9)11(14)12-6-7-13(2)3;1-8-4-5-9(6-8)7-10(2)3;1-5-2-3-6(4-5)7(8)9;3*1-2-4-5-3-1;;;;;;;;;;1-2/h9-10H,4-8H2,1-3H3,(H,12,14);8-9H,4-7H2,1-3H3;5-6H,2-4H2,1H3,(H,8,9);3*1-5H2;6*1H3;;;;/q;;;;;;6*-1;3*+2;. The normalized spacial score (nSPS) is 23.6. The van der Waals surface area contributed by atoms with Gasteiger partial charge in [-0.15, -0.1) is 0 Å². The summed E-state index contributed by atoms with van der Waals surface area (Å²) in [5.74, 6) is 3.24. The van der Waals surface area contributed by atoms with Gasteiger partial charge in [0.25, 0.3) is 0 Å². The number of carboxylic acid groups (broad SMARTS) is 1. The fourth-order valence-corrected chi connectivity index (χ4v) is 8.08. The molecule has 1 amide bonds. The van der Waals surface area contributed by atoms with E-state index >= 15 is 0 Å². The molecule has 0 bridgehead atoms. The van der Waals surface area contributed by atoms with Crippen LogP contribution in [0, 0.1) is 80.1 Å². The maximum Gasteiger partial charge on any atom is 2.00 e. The van der Waals surface area contributed by atoms with E-state index in [1.165, 1.54) is 129 Å². The van der Waals surface area contributed by atoms with Crippen molar-refractivity contribution in [1.82, 2.24) is 15.1 Å². The molecule has 6 rings (SSSR count). The minimum absolute atomic E-state index is 0. The van der Waals surface area contributed by atoms with Crippen molar-refractivity contribution >= 4 is 49.1 Å². The third-order valence-corrected chi connectivity index (χ3v) is 11.1. The predicted octanol–water partition coefficient (Wildman–Crippen LogP) is 14.9. The third-order valence-electron chi connectivity index (χ3n) is 11.1. The number of halogens is 2. The molecule has 0 aromatic carbocycles. The molecule has 364 valence electrons. The Hall–Kier alpha value is 1.88. The van der Waals surface area contributed by atoms with Gasteiger partial charge in [-0.2, -0.15) is 0 Å². The largest absolute Gasteiger partial charge is 2.00 e. The Labute approximate surface area is 428 Å². The zero-order valence-corrected chi connectivity index (χ0v) is 48.7. The maximum absolute atomic E-state index is 11.6. The number of hydrogen-bond donors (Lipinski definition) is 2. The van der Waals surface area contributed by atoms with Crippen LogP contribution in [-0.2, 0) is 60.8 Å². The summed E-state index contributed by atoms with van der Waals surface area (Å²) in [6.45, 7) is 9.71. The molecular formula is C48H101Fe3I2N3O3. The summed E-state index contributed by atoms with van der Waals surface area (Å²) in [7, 11) is 8.37. The Morgan fingerprint density at radius 3 is 1.03 bits per heavy atom. The number of nitrogens with zero attached hydrogens (tertiary/aromatic N) is 2. The van der Waals surface area contributed by atoms with Crippen LogP contribution in [0.4, 0.5) is 0 Å². The molecule has 0 spiro atoms. The summed E-state index contributed by atoms with van der Waals surface area (Å²) < 4.78 is 0. The number of rotatable bonds is 7. The van der Waals surface area contributed by atoms with Crippen molar-refractivity contribution in [3.8, 4) is 0 Å². The number of carboxylic acids is 1. The van der Waals surface area contributed by atoms with Crippen LogP contribution in [0.3, 0.4) is 0 Å². The first-order valence-electron chi connectivity index (χ1n) is 20.9. The van der Waals surface area contributed by atoms with E-state index in [0.717, 1.165) is 62.9 Å². The molecule has 6 aliphatic rings. The topological polar surface area (TPSA) is 72.9 Å². The van der Waals surface area contributed by atoms with Gasteiger partial charge in [0.15, 0.2) is 0 Å². The number of amides is 1. The average molecular weight is 1190 g/mol. The number of likely N-dealkylation sites (N-methyl/N-ethyl adjacent to an activating group) is 1. The van der Waals surface area contributed by atoms with Crippen LogP contribution in [0.15, 0.2) is 0 Å². The van der Waals surface area contributed by atoms with Gasteiger partial charge in [0.1, 0.15) is 0 Å². The summed E-state index contributed by atoms with van der Waals surface area (Å²) in [5.41, 5.74) is 0. The summed E-state index contributed by atoms with van der Waals surface area (Å²) in [6.07, 6.45) is 33.1. The molecule has 0 heterocycles. The first-order chi connectivity index (χ1) is 24.0. The number of hydrogen-bond acceptors (Lipinski definition) is 4. The van der Waals surface area contributed by atoms with E-state index in [2.05, 4.69) is 87.2 Å². The van der Waals surface area contributed by atoms with Crippen LogP contribution in [0.25, 0.3) is 0 Å². The van der Waals surface area contributed by atoms with Crippen molar-refractivity contribution in [1.29, 1.82) is 0 Å². The quantitative estimate of drug-likeness (QED) is 0.151. The molecule has 11 heteroatoms. The van der Waals surface area contributed by atoms with Gasteiger partial charge >= 0.3 is 57.2 Å². The monoisotopic (exact) mass is 1190 g/mol. The average Bonchev–Trinajstić information content (AvgIpc) is 3.92. The van der Waals surface area contributed by atoms with Gasteiger partial charge in [0.05, 0.1) is 5.92 Å². The van der Waals surface area contributed by atoms with Gasteiger partial charge in [0.2, 0.25) is 5.91 Å². The van der Waals surface area contributed by atoms with Crippen LogP contribution in [0.1, 0.15) is 175 Å². The molecule has 0 saturated heterocycles. The van der Waals surface area contributed by atoms with Crippen LogP contribution in [0.5, 0.6) is 0 Å². The Balaban J connectivity index is -0.0000000607. The van der Waals surface area contributed by atoms with E-state index < -0.39 is 5.97 Å². The zero-order valence-electron chi connectivity index (χ0n) is 41.0. The van der Waals surface area contributed by atoms with Crippen LogP contribution < -0.4 is 5.32 Å². The first kappa shape index (κ1) is 84.3. The molecule has 6 fully saturated rings.